The fourth-order valence-corrected chi connectivity index (χ4v) is 4.52. The van der Waals surface area contributed by atoms with Gasteiger partial charge in [0.25, 0.3) is 0 Å². The Morgan fingerprint density at radius 3 is 2.45 bits per heavy atom. The molecule has 0 saturated carbocycles. The van der Waals surface area contributed by atoms with E-state index in [0.29, 0.717) is 17.9 Å². The summed E-state index contributed by atoms with van der Waals surface area (Å²) >= 11 is 0. The van der Waals surface area contributed by atoms with Gasteiger partial charge in [0.05, 0.1) is 24.1 Å². The van der Waals surface area contributed by atoms with Crippen molar-refractivity contribution in [1.29, 1.82) is 0 Å². The van der Waals surface area contributed by atoms with Crippen molar-refractivity contribution in [3.63, 3.8) is 0 Å². The van der Waals surface area contributed by atoms with Gasteiger partial charge in [-0.2, -0.15) is 0 Å². The Labute approximate surface area is 184 Å². The molecule has 1 aliphatic rings. The molecule has 1 atom stereocenters. The second-order valence-electron chi connectivity index (χ2n) is 8.65. The number of nitrogens with zero attached hydrogens (tertiary/aromatic N) is 1. The van der Waals surface area contributed by atoms with Crippen LogP contribution >= 0.6 is 0 Å². The molecule has 0 spiro atoms. The number of amides is 1. The molecule has 2 aromatic rings. The lowest BCUT2D eigenvalue weighted by Crippen LogP contribution is -2.45. The first-order valence-electron chi connectivity index (χ1n) is 10.3. The van der Waals surface area contributed by atoms with Gasteiger partial charge in [0, 0.05) is 12.0 Å². The van der Waals surface area contributed by atoms with Gasteiger partial charge >= 0.3 is 0 Å². The van der Waals surface area contributed by atoms with E-state index in [9.17, 15) is 13.2 Å². The highest BCUT2D eigenvalue weighted by molar-refractivity contribution is 7.92. The van der Waals surface area contributed by atoms with Crippen molar-refractivity contribution in [2.24, 2.45) is 0 Å². The van der Waals surface area contributed by atoms with Gasteiger partial charge in [-0.25, -0.2) is 8.42 Å². The number of carbonyl (C=O) groups is 1. The van der Waals surface area contributed by atoms with Crippen molar-refractivity contribution in [2.45, 2.75) is 51.9 Å². The first-order valence-corrected chi connectivity index (χ1v) is 12.1. The maximum Gasteiger partial charge on any atom is 0.241 e. The van der Waals surface area contributed by atoms with E-state index >= 15 is 0 Å². The number of benzene rings is 2. The minimum Gasteiger partial charge on any atom is -0.491 e. The average molecular weight is 447 g/mol. The van der Waals surface area contributed by atoms with Crippen LogP contribution in [0.1, 0.15) is 45.7 Å². The van der Waals surface area contributed by atoms with E-state index in [2.05, 4.69) is 5.32 Å². The average Bonchev–Trinajstić information content (AvgIpc) is 2.65. The van der Waals surface area contributed by atoms with Gasteiger partial charge in [-0.3, -0.25) is 9.10 Å². The fourth-order valence-electron chi connectivity index (χ4n) is 3.66. The molecule has 1 aliphatic heterocycles. The largest absolute Gasteiger partial charge is 0.491 e. The summed E-state index contributed by atoms with van der Waals surface area (Å²) in [5, 5.41) is 2.99. The highest BCUT2D eigenvalue weighted by Gasteiger charge is 2.34. The third-order valence-corrected chi connectivity index (χ3v) is 6.04. The number of fused-ring (bicyclic) bond motifs is 1. The van der Waals surface area contributed by atoms with Crippen LogP contribution < -0.4 is 19.1 Å². The molecule has 0 aliphatic carbocycles. The van der Waals surface area contributed by atoms with Crippen molar-refractivity contribution in [1.82, 2.24) is 5.32 Å². The number of para-hydroxylation sites is 1. The number of anilines is 1. The van der Waals surface area contributed by atoms with Gasteiger partial charge in [0.1, 0.15) is 23.6 Å². The molecule has 3 rings (SSSR count). The van der Waals surface area contributed by atoms with Gasteiger partial charge < -0.3 is 14.8 Å². The SMILES string of the molecule is CC(C)Oc1ccc(N(CC(=O)N[C@H]2CC(C)(C)Oc3ccccc32)S(C)(=O)=O)cc1. The predicted octanol–water partition coefficient (Wildman–Crippen LogP) is 3.66. The Hall–Kier alpha value is -2.74. The third-order valence-electron chi connectivity index (χ3n) is 4.90. The van der Waals surface area contributed by atoms with Crippen LogP contribution in [0.25, 0.3) is 0 Å². The Morgan fingerprint density at radius 1 is 1.19 bits per heavy atom. The molecule has 7 nitrogen and oxygen atoms in total. The summed E-state index contributed by atoms with van der Waals surface area (Å²) in [6.45, 7) is 7.44. The van der Waals surface area contributed by atoms with E-state index in [0.717, 1.165) is 21.9 Å². The summed E-state index contributed by atoms with van der Waals surface area (Å²) in [4.78, 5) is 12.9. The summed E-state index contributed by atoms with van der Waals surface area (Å²) in [7, 11) is -3.67. The Kier molecular flexibility index (Phi) is 6.50. The van der Waals surface area contributed by atoms with Crippen LogP contribution in [-0.4, -0.2) is 38.8 Å². The standard InChI is InChI=1S/C23H30N2O5S/c1-16(2)29-18-12-10-17(11-13-18)25(31(5,27)28)15-22(26)24-20-14-23(3,4)30-21-9-7-6-8-19(20)21/h6-13,16,20H,14-15H2,1-5H3,(H,24,26)/t20-/m0/s1. The first kappa shape index (κ1) is 22.9. The second-order valence-corrected chi connectivity index (χ2v) is 10.6. The number of hydrogen-bond donors (Lipinski definition) is 1. The highest BCUT2D eigenvalue weighted by atomic mass is 32.2. The number of sulfonamides is 1. The van der Waals surface area contributed by atoms with Crippen LogP contribution in [0.5, 0.6) is 11.5 Å². The molecule has 1 heterocycles. The third kappa shape index (κ3) is 5.91. The molecule has 1 N–H and O–H groups in total. The first-order chi connectivity index (χ1) is 14.4. The van der Waals surface area contributed by atoms with E-state index < -0.39 is 15.6 Å². The molecule has 0 bridgehead atoms. The summed E-state index contributed by atoms with van der Waals surface area (Å²) in [5.74, 6) is 0.980. The normalized spacial score (nSPS) is 17.4. The number of ether oxygens (including phenoxy) is 2. The van der Waals surface area contributed by atoms with E-state index in [-0.39, 0.29) is 24.6 Å². The van der Waals surface area contributed by atoms with Crippen molar-refractivity contribution in [3.05, 3.63) is 54.1 Å². The minimum absolute atomic E-state index is 0.00856. The second kappa shape index (κ2) is 8.78. The molecule has 0 saturated heterocycles. The number of nitrogens with one attached hydrogen (secondary N) is 1. The highest BCUT2D eigenvalue weighted by Crippen LogP contribution is 2.39. The van der Waals surface area contributed by atoms with Crippen LogP contribution in [0.4, 0.5) is 5.69 Å². The molecule has 0 radical (unpaired) electrons. The predicted molar refractivity (Wildman–Crippen MR) is 121 cm³/mol. The molecular weight excluding hydrogens is 416 g/mol. The van der Waals surface area contributed by atoms with Gasteiger partial charge in [0.15, 0.2) is 0 Å². The molecule has 0 unspecified atom stereocenters. The van der Waals surface area contributed by atoms with Crippen LogP contribution in [0, 0.1) is 0 Å². The quantitative estimate of drug-likeness (QED) is 0.702. The Bertz CT molecular complexity index is 1030. The number of hydrogen-bond acceptors (Lipinski definition) is 5. The zero-order valence-corrected chi connectivity index (χ0v) is 19.4. The molecule has 31 heavy (non-hydrogen) atoms. The Morgan fingerprint density at radius 2 is 1.84 bits per heavy atom. The zero-order valence-electron chi connectivity index (χ0n) is 18.6. The van der Waals surface area contributed by atoms with Crippen molar-refractivity contribution in [2.75, 3.05) is 17.1 Å². The van der Waals surface area contributed by atoms with E-state index in [1.807, 2.05) is 52.0 Å². The molecule has 0 aromatic heterocycles. The van der Waals surface area contributed by atoms with Crippen LogP contribution in [-0.2, 0) is 14.8 Å². The minimum atomic E-state index is -3.67. The van der Waals surface area contributed by atoms with Crippen LogP contribution in [0.2, 0.25) is 0 Å². The number of rotatable bonds is 7. The fraction of sp³-hybridized carbons (Fsp3) is 0.435. The van der Waals surface area contributed by atoms with Gasteiger partial charge in [-0.05, 0) is 58.0 Å². The lowest BCUT2D eigenvalue weighted by atomic mass is 9.89. The van der Waals surface area contributed by atoms with Gasteiger partial charge in [-0.1, -0.05) is 18.2 Å². The van der Waals surface area contributed by atoms with Gasteiger partial charge in [0.2, 0.25) is 15.9 Å². The monoisotopic (exact) mass is 446 g/mol. The molecule has 0 fully saturated rings. The molecule has 2 aromatic carbocycles. The van der Waals surface area contributed by atoms with Crippen molar-refractivity contribution in [3.8, 4) is 11.5 Å². The molecule has 8 heteroatoms. The van der Waals surface area contributed by atoms with E-state index in [4.69, 9.17) is 9.47 Å². The molecular formula is C23H30N2O5S. The van der Waals surface area contributed by atoms with E-state index in [1.165, 1.54) is 0 Å². The van der Waals surface area contributed by atoms with Crippen molar-refractivity contribution < 1.29 is 22.7 Å². The molecule has 168 valence electrons. The summed E-state index contributed by atoms with van der Waals surface area (Å²) < 4.78 is 37.5. The van der Waals surface area contributed by atoms with Crippen LogP contribution in [0.3, 0.4) is 0 Å². The summed E-state index contributed by atoms with van der Waals surface area (Å²) in [6.07, 6.45) is 1.68. The zero-order chi connectivity index (χ0) is 22.8. The van der Waals surface area contributed by atoms with Gasteiger partial charge in [-0.15, -0.1) is 0 Å². The topological polar surface area (TPSA) is 84.9 Å². The van der Waals surface area contributed by atoms with Crippen LogP contribution in [0.15, 0.2) is 48.5 Å². The maximum atomic E-state index is 12.9. The van der Waals surface area contributed by atoms with Crippen molar-refractivity contribution >= 4 is 21.6 Å². The smallest absolute Gasteiger partial charge is 0.241 e. The lowest BCUT2D eigenvalue weighted by molar-refractivity contribution is -0.120. The summed E-state index contributed by atoms with van der Waals surface area (Å²) in [6, 6.07) is 14.0. The van der Waals surface area contributed by atoms with E-state index in [1.54, 1.807) is 24.3 Å². The maximum absolute atomic E-state index is 12.9. The lowest BCUT2D eigenvalue weighted by Gasteiger charge is -2.38. The number of carbonyl (C=O) groups excluding carboxylic acids is 1. The Balaban J connectivity index is 1.78. The summed E-state index contributed by atoms with van der Waals surface area (Å²) in [5.41, 5.74) is 0.840. The molecule has 1 amide bonds.